The molecule has 3 heteroatoms. The Labute approximate surface area is 96.1 Å². The highest BCUT2D eigenvalue weighted by Crippen LogP contribution is 2.22. The molecule has 0 amide bonds. The smallest absolute Gasteiger partial charge is 0.116 e. The molecule has 0 saturated heterocycles. The average molecular weight is 266 g/mol. The fourth-order valence-corrected chi connectivity index (χ4v) is 2.77. The second-order valence-electron chi connectivity index (χ2n) is 4.11. The zero-order chi connectivity index (χ0) is 10.4. The topological polar surface area (TPSA) is 36.0 Å². The number of fused-ring (bicyclic) bond motifs is 3. The van der Waals surface area contributed by atoms with Crippen LogP contribution in [0.15, 0.2) is 4.48 Å². The second-order valence-corrected chi connectivity index (χ2v) is 5.12. The predicted octanol–water partition coefficient (Wildman–Crippen LogP) is 1.94. The molecule has 2 aliphatic carbocycles. The quantitative estimate of drug-likeness (QED) is 0.739. The van der Waals surface area contributed by atoms with Gasteiger partial charge in [-0.25, -0.2) is 0 Å². The number of aliphatic hydroxyl groups excluding tert-OH is 1. The van der Waals surface area contributed by atoms with E-state index in [2.05, 4.69) is 33.1 Å². The van der Waals surface area contributed by atoms with E-state index < -0.39 is 0 Å². The molecule has 0 atom stereocenters. The fraction of sp³-hybridized carbons (Fsp3) is 0.333. The van der Waals surface area contributed by atoms with E-state index in [1.54, 1.807) is 0 Å². The number of hydrogen-bond acceptors (Lipinski definition) is 1. The van der Waals surface area contributed by atoms with Gasteiger partial charge in [0.2, 0.25) is 0 Å². The molecule has 0 radical (unpaired) electrons. The number of H-pyrrole nitrogens is 1. The number of halogens is 1. The molecule has 2 nitrogen and oxygen atoms in total. The molecule has 1 aromatic rings. The van der Waals surface area contributed by atoms with Gasteiger partial charge in [0.15, 0.2) is 0 Å². The fourth-order valence-electron chi connectivity index (χ4n) is 2.38. The third-order valence-electron chi connectivity index (χ3n) is 3.11. The molecular formula is C12H12BrNO. The molecule has 3 rings (SSSR count). The van der Waals surface area contributed by atoms with Crippen molar-refractivity contribution < 1.29 is 5.11 Å². The minimum atomic E-state index is 0.517. The summed E-state index contributed by atoms with van der Waals surface area (Å²) in [5.41, 5.74) is 2.54. The van der Waals surface area contributed by atoms with Crippen LogP contribution in [0.3, 0.4) is 0 Å². The Morgan fingerprint density at radius 3 is 3.07 bits per heavy atom. The van der Waals surface area contributed by atoms with Gasteiger partial charge in [0.25, 0.3) is 0 Å². The van der Waals surface area contributed by atoms with Crippen LogP contribution in [0.25, 0.3) is 17.9 Å². The summed E-state index contributed by atoms with van der Waals surface area (Å²) in [6.45, 7) is 0. The van der Waals surface area contributed by atoms with Crippen LogP contribution in [0, 0.1) is 0 Å². The SMILES string of the molecule is OC1=c2[nH]c3c(c2CCC1)C=C(Br)CC=3. The van der Waals surface area contributed by atoms with E-state index in [1.165, 1.54) is 15.6 Å². The molecule has 0 saturated carbocycles. The van der Waals surface area contributed by atoms with Crippen molar-refractivity contribution in [1.29, 1.82) is 0 Å². The maximum absolute atomic E-state index is 9.82. The lowest BCUT2D eigenvalue weighted by Gasteiger charge is -2.09. The van der Waals surface area contributed by atoms with Crippen molar-refractivity contribution in [2.24, 2.45) is 0 Å². The lowest BCUT2D eigenvalue weighted by Crippen LogP contribution is -2.18. The van der Waals surface area contributed by atoms with Gasteiger partial charge in [0.1, 0.15) is 5.76 Å². The van der Waals surface area contributed by atoms with E-state index in [-0.39, 0.29) is 0 Å². The summed E-state index contributed by atoms with van der Waals surface area (Å²) in [4.78, 5) is 3.32. The van der Waals surface area contributed by atoms with Crippen molar-refractivity contribution in [3.8, 4) is 0 Å². The first-order chi connectivity index (χ1) is 7.25. The van der Waals surface area contributed by atoms with Gasteiger partial charge in [-0.05, 0) is 35.4 Å². The van der Waals surface area contributed by atoms with Crippen LogP contribution in [0.1, 0.15) is 30.4 Å². The highest BCUT2D eigenvalue weighted by Gasteiger charge is 2.16. The van der Waals surface area contributed by atoms with Crippen LogP contribution in [0.2, 0.25) is 0 Å². The number of allylic oxidation sites excluding steroid dienone is 1. The van der Waals surface area contributed by atoms with Gasteiger partial charge in [-0.15, -0.1) is 0 Å². The first-order valence-corrected chi connectivity index (χ1v) is 6.04. The van der Waals surface area contributed by atoms with Crippen LogP contribution in [0.4, 0.5) is 0 Å². The van der Waals surface area contributed by atoms with Gasteiger partial charge >= 0.3 is 0 Å². The molecule has 0 unspecified atom stereocenters. The van der Waals surface area contributed by atoms with E-state index in [1.807, 2.05) is 0 Å². The Kier molecular flexibility index (Phi) is 2.02. The third-order valence-corrected chi connectivity index (χ3v) is 3.66. The van der Waals surface area contributed by atoms with Crippen molar-refractivity contribution in [2.75, 3.05) is 0 Å². The van der Waals surface area contributed by atoms with Gasteiger partial charge in [-0.1, -0.05) is 22.0 Å². The number of aromatic amines is 1. The summed E-state index contributed by atoms with van der Waals surface area (Å²) >= 11 is 3.53. The molecular weight excluding hydrogens is 254 g/mol. The largest absolute Gasteiger partial charge is 0.510 e. The summed E-state index contributed by atoms with van der Waals surface area (Å²) in [6.07, 6.45) is 8.20. The van der Waals surface area contributed by atoms with E-state index in [9.17, 15) is 5.11 Å². The minimum absolute atomic E-state index is 0.517. The molecule has 1 heterocycles. The molecule has 15 heavy (non-hydrogen) atoms. The Morgan fingerprint density at radius 2 is 2.20 bits per heavy atom. The van der Waals surface area contributed by atoms with Crippen LogP contribution in [0.5, 0.6) is 0 Å². The minimum Gasteiger partial charge on any atom is -0.510 e. The summed E-state index contributed by atoms with van der Waals surface area (Å²) in [6, 6.07) is 0. The summed E-state index contributed by atoms with van der Waals surface area (Å²) < 4.78 is 1.21. The van der Waals surface area contributed by atoms with Gasteiger partial charge in [-0.3, -0.25) is 0 Å². The van der Waals surface area contributed by atoms with Crippen molar-refractivity contribution in [3.63, 3.8) is 0 Å². The Bertz CT molecular complexity index is 565. The maximum atomic E-state index is 9.82. The average Bonchev–Trinajstić information content (AvgIpc) is 2.58. The first-order valence-electron chi connectivity index (χ1n) is 5.25. The molecule has 0 spiro atoms. The molecule has 78 valence electrons. The van der Waals surface area contributed by atoms with Crippen LogP contribution in [-0.4, -0.2) is 10.1 Å². The van der Waals surface area contributed by atoms with E-state index in [0.29, 0.717) is 5.76 Å². The van der Waals surface area contributed by atoms with Gasteiger partial charge in [0, 0.05) is 17.3 Å². The molecule has 2 aliphatic rings. The zero-order valence-electron chi connectivity index (χ0n) is 8.31. The normalized spacial score (nSPS) is 19.0. The predicted molar refractivity (Wildman–Crippen MR) is 65.0 cm³/mol. The van der Waals surface area contributed by atoms with Gasteiger partial charge in [-0.2, -0.15) is 0 Å². The number of rotatable bonds is 0. The molecule has 0 aromatic carbocycles. The lowest BCUT2D eigenvalue weighted by molar-refractivity contribution is 0.464. The standard InChI is InChI=1S/C12H12BrNO/c13-7-4-5-10-9(6-7)8-2-1-3-11(15)12(8)14-10/h5-6,14-15H,1-4H2. The molecule has 1 aromatic heterocycles. The Morgan fingerprint density at radius 1 is 1.33 bits per heavy atom. The van der Waals surface area contributed by atoms with E-state index in [4.69, 9.17) is 0 Å². The molecule has 0 bridgehead atoms. The second kappa shape index (κ2) is 3.27. The van der Waals surface area contributed by atoms with Crippen molar-refractivity contribution in [1.82, 2.24) is 4.98 Å². The number of aromatic nitrogens is 1. The van der Waals surface area contributed by atoms with Crippen LogP contribution >= 0.6 is 15.9 Å². The van der Waals surface area contributed by atoms with Crippen molar-refractivity contribution in [3.05, 3.63) is 26.3 Å². The number of nitrogens with one attached hydrogen (secondary N) is 1. The van der Waals surface area contributed by atoms with Crippen molar-refractivity contribution >= 4 is 33.8 Å². The van der Waals surface area contributed by atoms with Gasteiger partial charge in [0.05, 0.1) is 5.35 Å². The molecule has 2 N–H and O–H groups in total. The lowest BCUT2D eigenvalue weighted by atomic mass is 9.98. The van der Waals surface area contributed by atoms with Crippen LogP contribution < -0.4 is 10.7 Å². The Balaban J connectivity index is 2.39. The summed E-state index contributed by atoms with van der Waals surface area (Å²) in [5, 5.41) is 11.9. The molecule has 0 aliphatic heterocycles. The number of hydrogen-bond donors (Lipinski definition) is 2. The number of aliphatic hydroxyl groups is 1. The zero-order valence-corrected chi connectivity index (χ0v) is 9.89. The van der Waals surface area contributed by atoms with Gasteiger partial charge < -0.3 is 10.1 Å². The highest BCUT2D eigenvalue weighted by atomic mass is 79.9. The monoisotopic (exact) mass is 265 g/mol. The first kappa shape index (κ1) is 9.28. The van der Waals surface area contributed by atoms with E-state index in [0.717, 1.165) is 36.4 Å². The maximum Gasteiger partial charge on any atom is 0.116 e. The Hall–Kier alpha value is -0.960. The third kappa shape index (κ3) is 1.37. The molecule has 0 fully saturated rings. The van der Waals surface area contributed by atoms with Crippen LogP contribution in [-0.2, 0) is 6.42 Å². The summed E-state index contributed by atoms with van der Waals surface area (Å²) in [5.74, 6) is 0.517. The highest BCUT2D eigenvalue weighted by molar-refractivity contribution is 9.11. The van der Waals surface area contributed by atoms with E-state index >= 15 is 0 Å². The summed E-state index contributed by atoms with van der Waals surface area (Å²) in [7, 11) is 0. The van der Waals surface area contributed by atoms with Crippen molar-refractivity contribution in [2.45, 2.75) is 25.7 Å².